The van der Waals surface area contributed by atoms with Gasteiger partial charge in [-0.2, -0.15) is 0 Å². The van der Waals surface area contributed by atoms with Gasteiger partial charge in [-0.25, -0.2) is 0 Å². The summed E-state index contributed by atoms with van der Waals surface area (Å²) in [4.78, 5) is 0. The van der Waals surface area contributed by atoms with Gasteiger partial charge < -0.3 is 4.43 Å². The fourth-order valence-electron chi connectivity index (χ4n) is 2.30. The molecule has 1 nitrogen and oxygen atoms in total. The van der Waals surface area contributed by atoms with E-state index < -0.39 is 8.32 Å². The van der Waals surface area contributed by atoms with Crippen LogP contribution < -0.4 is 5.19 Å². The summed E-state index contributed by atoms with van der Waals surface area (Å²) < 4.78 is 6.02. The molecule has 0 heterocycles. The van der Waals surface area contributed by atoms with E-state index in [-0.39, 0.29) is 0 Å². The van der Waals surface area contributed by atoms with Crippen LogP contribution in [0.3, 0.4) is 0 Å². The van der Waals surface area contributed by atoms with E-state index in [1.54, 1.807) is 0 Å². The second kappa shape index (κ2) is 5.34. The first-order valence-electron chi connectivity index (χ1n) is 6.17. The van der Waals surface area contributed by atoms with Gasteiger partial charge in [-0.05, 0) is 22.9 Å². The lowest BCUT2D eigenvalue weighted by Crippen LogP contribution is -2.48. The molecule has 0 aromatic heterocycles. The summed E-state index contributed by atoms with van der Waals surface area (Å²) in [6, 6.07) is 14.7. The molecule has 0 bridgehead atoms. The Balaban J connectivity index is 2.71. The van der Waals surface area contributed by atoms with Gasteiger partial charge in [0.15, 0.2) is 0 Å². The second-order valence-electron chi connectivity index (χ2n) is 4.16. The number of rotatable bonds is 5. The van der Waals surface area contributed by atoms with Crippen LogP contribution in [0.15, 0.2) is 67.0 Å². The maximum atomic E-state index is 6.02. The van der Waals surface area contributed by atoms with Gasteiger partial charge in [0.25, 0.3) is 8.32 Å². The van der Waals surface area contributed by atoms with Gasteiger partial charge in [0.05, 0.1) is 0 Å². The van der Waals surface area contributed by atoms with Crippen LogP contribution in [0, 0.1) is 0 Å². The van der Waals surface area contributed by atoms with Crippen molar-refractivity contribution in [2.24, 2.45) is 0 Å². The van der Waals surface area contributed by atoms with Crippen LogP contribution in [0.2, 0.25) is 0 Å². The van der Waals surface area contributed by atoms with Crippen molar-refractivity contribution in [2.45, 2.75) is 6.92 Å². The van der Waals surface area contributed by atoms with Gasteiger partial charge in [-0.3, -0.25) is 0 Å². The molecule has 0 fully saturated rings. The van der Waals surface area contributed by atoms with Crippen molar-refractivity contribution in [3.63, 3.8) is 0 Å². The van der Waals surface area contributed by atoms with Gasteiger partial charge in [-0.1, -0.05) is 53.9 Å². The summed E-state index contributed by atoms with van der Waals surface area (Å²) in [5.41, 5.74) is 3.90. The summed E-state index contributed by atoms with van der Waals surface area (Å²) in [6.07, 6.45) is 0. The lowest BCUT2D eigenvalue weighted by atomic mass is 10.1. The van der Waals surface area contributed by atoms with Crippen molar-refractivity contribution in [1.82, 2.24) is 0 Å². The monoisotopic (exact) mass is 254 g/mol. The van der Waals surface area contributed by atoms with E-state index in [0.717, 1.165) is 0 Å². The number of hydrogen-bond donors (Lipinski definition) is 0. The lowest BCUT2D eigenvalue weighted by Gasteiger charge is -2.25. The maximum Gasteiger partial charge on any atom is 0.273 e. The van der Waals surface area contributed by atoms with E-state index in [9.17, 15) is 0 Å². The van der Waals surface area contributed by atoms with Crippen LogP contribution in [0.25, 0.3) is 10.8 Å². The molecule has 0 aliphatic carbocycles. The first kappa shape index (κ1) is 12.8. The highest BCUT2D eigenvalue weighted by Gasteiger charge is 2.31. The molecule has 0 N–H and O–H groups in total. The molecular weight excluding hydrogens is 236 g/mol. The molecule has 0 amide bonds. The largest absolute Gasteiger partial charge is 0.405 e. The average molecular weight is 254 g/mol. The smallest absolute Gasteiger partial charge is 0.273 e. The van der Waals surface area contributed by atoms with Gasteiger partial charge >= 0.3 is 0 Å². The molecule has 0 saturated carbocycles. The molecule has 2 aromatic rings. The molecule has 0 aliphatic rings. The van der Waals surface area contributed by atoms with Crippen molar-refractivity contribution in [2.75, 3.05) is 6.61 Å². The van der Waals surface area contributed by atoms with Gasteiger partial charge in [0.2, 0.25) is 0 Å². The van der Waals surface area contributed by atoms with Crippen LogP contribution in [-0.4, -0.2) is 14.9 Å². The zero-order chi connectivity index (χ0) is 13.0. The highest BCUT2D eigenvalue weighted by Crippen LogP contribution is 2.17. The minimum absolute atomic E-state index is 0.674. The minimum atomic E-state index is -2.26. The van der Waals surface area contributed by atoms with Gasteiger partial charge in [0, 0.05) is 6.61 Å². The maximum absolute atomic E-state index is 6.02. The molecule has 0 spiro atoms. The molecule has 0 saturated heterocycles. The van der Waals surface area contributed by atoms with Crippen LogP contribution in [-0.2, 0) is 4.43 Å². The van der Waals surface area contributed by atoms with Crippen molar-refractivity contribution in [1.29, 1.82) is 0 Å². The molecule has 18 heavy (non-hydrogen) atoms. The van der Waals surface area contributed by atoms with Gasteiger partial charge in [0.1, 0.15) is 0 Å². The Kier molecular flexibility index (Phi) is 3.80. The minimum Gasteiger partial charge on any atom is -0.405 e. The molecule has 2 heteroatoms. The fraction of sp³-hybridized carbons (Fsp3) is 0.125. The molecule has 0 unspecified atom stereocenters. The summed E-state index contributed by atoms with van der Waals surface area (Å²) in [7, 11) is -2.26. The highest BCUT2D eigenvalue weighted by molar-refractivity contribution is 6.96. The summed E-state index contributed by atoms with van der Waals surface area (Å²) in [5, 5.41) is 3.70. The Labute approximate surface area is 110 Å². The Bertz CT molecular complexity index is 561. The zero-order valence-corrected chi connectivity index (χ0v) is 11.7. The van der Waals surface area contributed by atoms with E-state index in [1.807, 2.05) is 18.3 Å². The topological polar surface area (TPSA) is 9.23 Å². The van der Waals surface area contributed by atoms with E-state index >= 15 is 0 Å². The van der Waals surface area contributed by atoms with Crippen LogP contribution in [0.1, 0.15) is 6.92 Å². The molecule has 0 radical (unpaired) electrons. The SMILES string of the molecule is C=C[Si](C=C)(OCC)c1cccc2ccccc12. The molecule has 92 valence electrons. The first-order valence-corrected chi connectivity index (χ1v) is 8.23. The lowest BCUT2D eigenvalue weighted by molar-refractivity contribution is 0.346. The zero-order valence-electron chi connectivity index (χ0n) is 10.7. The fourth-order valence-corrected chi connectivity index (χ4v) is 4.78. The van der Waals surface area contributed by atoms with E-state index in [4.69, 9.17) is 4.43 Å². The van der Waals surface area contributed by atoms with Crippen molar-refractivity contribution < 1.29 is 4.43 Å². The first-order chi connectivity index (χ1) is 8.77. The Morgan fingerprint density at radius 1 is 1.06 bits per heavy atom. The molecule has 2 rings (SSSR count). The third kappa shape index (κ3) is 2.05. The van der Waals surface area contributed by atoms with Crippen molar-refractivity contribution in [3.8, 4) is 0 Å². The molecule has 2 aromatic carbocycles. The van der Waals surface area contributed by atoms with E-state index in [0.29, 0.717) is 6.61 Å². The summed E-state index contributed by atoms with van der Waals surface area (Å²) >= 11 is 0. The highest BCUT2D eigenvalue weighted by atomic mass is 28.4. The van der Waals surface area contributed by atoms with Crippen LogP contribution >= 0.6 is 0 Å². The van der Waals surface area contributed by atoms with Crippen LogP contribution in [0.4, 0.5) is 0 Å². The molecule has 0 atom stereocenters. The summed E-state index contributed by atoms with van der Waals surface area (Å²) in [6.45, 7) is 10.6. The molecular formula is C16H18OSi. The second-order valence-corrected chi connectivity index (χ2v) is 7.39. The third-order valence-electron chi connectivity index (χ3n) is 3.20. The Hall–Kier alpha value is -1.64. The van der Waals surface area contributed by atoms with E-state index in [2.05, 4.69) is 55.6 Å². The molecule has 0 aliphatic heterocycles. The number of benzene rings is 2. The predicted molar refractivity (Wildman–Crippen MR) is 81.4 cm³/mol. The van der Waals surface area contributed by atoms with Crippen molar-refractivity contribution >= 4 is 24.3 Å². The average Bonchev–Trinajstić information content (AvgIpc) is 2.44. The number of fused-ring (bicyclic) bond motifs is 1. The predicted octanol–water partition coefficient (Wildman–Crippen LogP) is 3.48. The van der Waals surface area contributed by atoms with Crippen LogP contribution in [0.5, 0.6) is 0 Å². The summed E-state index contributed by atoms with van der Waals surface area (Å²) in [5.74, 6) is 0. The van der Waals surface area contributed by atoms with Gasteiger partial charge in [-0.15, -0.1) is 13.2 Å². The normalized spacial score (nSPS) is 11.4. The number of hydrogen-bond acceptors (Lipinski definition) is 1. The quantitative estimate of drug-likeness (QED) is 0.742. The van der Waals surface area contributed by atoms with Crippen molar-refractivity contribution in [3.05, 3.63) is 67.0 Å². The standard InChI is InChI=1S/C16H18OSi/c1-4-17-18(5-2,6-3)16-13-9-11-14-10-7-8-12-15(14)16/h5-13H,2-4H2,1H3. The Morgan fingerprint density at radius 3 is 2.39 bits per heavy atom. The Morgan fingerprint density at radius 2 is 1.72 bits per heavy atom. The third-order valence-corrected chi connectivity index (χ3v) is 6.46. The van der Waals surface area contributed by atoms with E-state index in [1.165, 1.54) is 16.0 Å².